The second-order valence-electron chi connectivity index (χ2n) is 5.70. The Hall–Kier alpha value is -1.62. The van der Waals surface area contributed by atoms with Crippen molar-refractivity contribution in [3.63, 3.8) is 0 Å². The van der Waals surface area contributed by atoms with E-state index in [9.17, 15) is 4.79 Å². The summed E-state index contributed by atoms with van der Waals surface area (Å²) in [5.74, 6) is -0.317. The molecule has 1 fully saturated rings. The number of amides is 1. The molecule has 2 aromatic carbocycles. The highest BCUT2D eigenvalue weighted by atomic mass is 35.5. The maximum atomic E-state index is 11.9. The van der Waals surface area contributed by atoms with E-state index in [1.807, 2.05) is 30.3 Å². The molecular weight excluding hydrogens is 300 g/mol. The molecular formula is C17H19ClN2O2. The Balaban J connectivity index is 1.88. The van der Waals surface area contributed by atoms with E-state index < -0.39 is 5.54 Å². The van der Waals surface area contributed by atoms with Crippen LogP contribution < -0.4 is 11.1 Å². The number of carbonyl (C=O) groups excluding carboxylic acids is 1. The summed E-state index contributed by atoms with van der Waals surface area (Å²) >= 11 is 6.20. The third-order valence-electron chi connectivity index (χ3n) is 4.35. The standard InChI is InChI=1S/C17H19ClN2O2/c18-14-9-12-3-1-2-4-15(12)13(10-14)11-20-17(16(19)21)5-7-22-8-6-17/h1-4,9-10,20H,5-8,11H2,(H2,19,21). The molecule has 3 N–H and O–H groups in total. The zero-order valence-corrected chi connectivity index (χ0v) is 13.0. The third-order valence-corrected chi connectivity index (χ3v) is 4.57. The molecule has 0 radical (unpaired) electrons. The molecule has 22 heavy (non-hydrogen) atoms. The molecule has 0 aromatic heterocycles. The van der Waals surface area contributed by atoms with Crippen molar-refractivity contribution in [1.29, 1.82) is 0 Å². The first-order valence-electron chi connectivity index (χ1n) is 7.41. The van der Waals surface area contributed by atoms with Crippen LogP contribution in [0.1, 0.15) is 18.4 Å². The lowest BCUT2D eigenvalue weighted by Crippen LogP contribution is -2.58. The van der Waals surface area contributed by atoms with E-state index in [0.717, 1.165) is 16.3 Å². The fraction of sp³-hybridized carbons (Fsp3) is 0.353. The number of hydrogen-bond donors (Lipinski definition) is 2. The molecule has 2 aromatic rings. The van der Waals surface area contributed by atoms with E-state index in [0.29, 0.717) is 37.6 Å². The average Bonchev–Trinajstić information content (AvgIpc) is 2.53. The Labute approximate surface area is 134 Å². The number of primary amides is 1. The number of halogens is 1. The van der Waals surface area contributed by atoms with E-state index in [1.54, 1.807) is 0 Å². The molecule has 3 rings (SSSR count). The van der Waals surface area contributed by atoms with Crippen molar-refractivity contribution in [2.24, 2.45) is 5.73 Å². The topological polar surface area (TPSA) is 64.4 Å². The highest BCUT2D eigenvalue weighted by molar-refractivity contribution is 6.31. The van der Waals surface area contributed by atoms with Gasteiger partial charge in [-0.3, -0.25) is 10.1 Å². The van der Waals surface area contributed by atoms with Crippen molar-refractivity contribution < 1.29 is 9.53 Å². The summed E-state index contributed by atoms with van der Waals surface area (Å²) in [7, 11) is 0. The molecule has 0 atom stereocenters. The van der Waals surface area contributed by atoms with E-state index in [1.165, 1.54) is 0 Å². The molecule has 4 nitrogen and oxygen atoms in total. The van der Waals surface area contributed by atoms with Crippen LogP contribution in [0.2, 0.25) is 5.02 Å². The number of fused-ring (bicyclic) bond motifs is 1. The molecule has 1 heterocycles. The van der Waals surface area contributed by atoms with Crippen LogP contribution in [-0.2, 0) is 16.1 Å². The Bertz CT molecular complexity index is 696. The van der Waals surface area contributed by atoms with Gasteiger partial charge in [-0.25, -0.2) is 0 Å². The van der Waals surface area contributed by atoms with Crippen molar-refractivity contribution in [2.45, 2.75) is 24.9 Å². The van der Waals surface area contributed by atoms with Gasteiger partial charge in [0.15, 0.2) is 0 Å². The van der Waals surface area contributed by atoms with Gasteiger partial charge >= 0.3 is 0 Å². The molecule has 1 amide bonds. The minimum absolute atomic E-state index is 0.317. The lowest BCUT2D eigenvalue weighted by molar-refractivity contribution is -0.128. The molecule has 0 spiro atoms. The molecule has 116 valence electrons. The predicted octanol–water partition coefficient (Wildman–Crippen LogP) is 2.62. The van der Waals surface area contributed by atoms with Gasteiger partial charge in [-0.05, 0) is 41.3 Å². The van der Waals surface area contributed by atoms with Crippen LogP contribution in [0.15, 0.2) is 36.4 Å². The summed E-state index contributed by atoms with van der Waals surface area (Å²) in [4.78, 5) is 11.9. The Morgan fingerprint density at radius 2 is 2.00 bits per heavy atom. The van der Waals surface area contributed by atoms with E-state index in [2.05, 4.69) is 11.4 Å². The summed E-state index contributed by atoms with van der Waals surface area (Å²) in [6.45, 7) is 1.64. The molecule has 0 aliphatic carbocycles. The number of hydrogen-bond acceptors (Lipinski definition) is 3. The number of nitrogens with one attached hydrogen (secondary N) is 1. The van der Waals surface area contributed by atoms with Gasteiger partial charge in [0.05, 0.1) is 0 Å². The number of rotatable bonds is 4. The predicted molar refractivity (Wildman–Crippen MR) is 87.8 cm³/mol. The number of ether oxygens (including phenoxy) is 1. The zero-order valence-electron chi connectivity index (χ0n) is 12.3. The van der Waals surface area contributed by atoms with Crippen LogP contribution >= 0.6 is 11.6 Å². The second-order valence-corrected chi connectivity index (χ2v) is 6.13. The van der Waals surface area contributed by atoms with E-state index in [4.69, 9.17) is 22.1 Å². The summed E-state index contributed by atoms with van der Waals surface area (Å²) in [5, 5.41) is 6.27. The summed E-state index contributed by atoms with van der Waals surface area (Å²) in [6.07, 6.45) is 1.20. The molecule has 1 saturated heterocycles. The van der Waals surface area contributed by atoms with Gasteiger partial charge in [-0.1, -0.05) is 35.9 Å². The normalized spacial score (nSPS) is 17.5. The summed E-state index contributed by atoms with van der Waals surface area (Å²) in [5.41, 5.74) is 6.00. The molecule has 1 aliphatic rings. The largest absolute Gasteiger partial charge is 0.381 e. The maximum absolute atomic E-state index is 11.9. The molecule has 1 aliphatic heterocycles. The highest BCUT2D eigenvalue weighted by Crippen LogP contribution is 2.26. The van der Waals surface area contributed by atoms with Crippen molar-refractivity contribution in [1.82, 2.24) is 5.32 Å². The minimum atomic E-state index is -0.693. The van der Waals surface area contributed by atoms with Gasteiger partial charge < -0.3 is 10.5 Å². The third kappa shape index (κ3) is 2.95. The average molecular weight is 319 g/mol. The first-order valence-corrected chi connectivity index (χ1v) is 7.78. The van der Waals surface area contributed by atoms with E-state index in [-0.39, 0.29) is 5.91 Å². The van der Waals surface area contributed by atoms with Crippen molar-refractivity contribution in [3.8, 4) is 0 Å². The van der Waals surface area contributed by atoms with Crippen LogP contribution in [0.25, 0.3) is 10.8 Å². The number of benzene rings is 2. The molecule has 0 unspecified atom stereocenters. The second kappa shape index (κ2) is 6.24. The van der Waals surface area contributed by atoms with Gasteiger partial charge in [0.2, 0.25) is 5.91 Å². The van der Waals surface area contributed by atoms with Gasteiger partial charge in [0.1, 0.15) is 5.54 Å². The first-order chi connectivity index (χ1) is 10.6. The van der Waals surface area contributed by atoms with Crippen LogP contribution in [0.3, 0.4) is 0 Å². The smallest absolute Gasteiger partial charge is 0.237 e. The lowest BCUT2D eigenvalue weighted by Gasteiger charge is -2.35. The Morgan fingerprint density at radius 3 is 2.73 bits per heavy atom. The quantitative estimate of drug-likeness (QED) is 0.910. The summed E-state index contributed by atoms with van der Waals surface area (Å²) in [6, 6.07) is 12.0. The molecule has 0 bridgehead atoms. The fourth-order valence-electron chi connectivity index (χ4n) is 2.99. The van der Waals surface area contributed by atoms with Crippen LogP contribution in [0.4, 0.5) is 0 Å². The number of carbonyl (C=O) groups is 1. The first kappa shape index (κ1) is 15.3. The van der Waals surface area contributed by atoms with E-state index >= 15 is 0 Å². The molecule has 5 heteroatoms. The summed E-state index contributed by atoms with van der Waals surface area (Å²) < 4.78 is 5.35. The highest BCUT2D eigenvalue weighted by Gasteiger charge is 2.37. The van der Waals surface area contributed by atoms with Crippen LogP contribution in [-0.4, -0.2) is 24.7 Å². The molecule has 0 saturated carbocycles. The maximum Gasteiger partial charge on any atom is 0.237 e. The fourth-order valence-corrected chi connectivity index (χ4v) is 3.24. The van der Waals surface area contributed by atoms with Crippen molar-refractivity contribution in [2.75, 3.05) is 13.2 Å². The van der Waals surface area contributed by atoms with Crippen LogP contribution in [0, 0.1) is 0 Å². The Morgan fingerprint density at radius 1 is 1.27 bits per heavy atom. The van der Waals surface area contributed by atoms with Gasteiger partial charge in [0.25, 0.3) is 0 Å². The Kier molecular flexibility index (Phi) is 4.34. The van der Waals surface area contributed by atoms with Gasteiger partial charge in [-0.15, -0.1) is 0 Å². The van der Waals surface area contributed by atoms with Crippen molar-refractivity contribution >= 4 is 28.3 Å². The monoisotopic (exact) mass is 318 g/mol. The lowest BCUT2D eigenvalue weighted by atomic mass is 9.88. The minimum Gasteiger partial charge on any atom is -0.381 e. The SMILES string of the molecule is NC(=O)C1(NCc2cc(Cl)cc3ccccc23)CCOCC1. The number of nitrogens with two attached hydrogens (primary N) is 1. The zero-order chi connectivity index (χ0) is 15.6. The van der Waals surface area contributed by atoms with Crippen molar-refractivity contribution in [3.05, 3.63) is 47.0 Å². The van der Waals surface area contributed by atoms with Gasteiger partial charge in [0, 0.05) is 24.8 Å². The van der Waals surface area contributed by atoms with Gasteiger partial charge in [-0.2, -0.15) is 0 Å². The van der Waals surface area contributed by atoms with Crippen LogP contribution in [0.5, 0.6) is 0 Å².